The Morgan fingerprint density at radius 2 is 2.27 bits per heavy atom. The molecule has 4 heteroatoms. The number of hydrogen-bond donors (Lipinski definition) is 0. The zero-order chi connectivity index (χ0) is 11.1. The van der Waals surface area contributed by atoms with E-state index in [4.69, 9.17) is 16.3 Å². The third-order valence-electron chi connectivity index (χ3n) is 2.06. The number of pyridine rings is 1. The maximum absolute atomic E-state index is 5.71. The average molecular weight is 229 g/mol. The molecular weight excluding hydrogens is 212 g/mol. The maximum Gasteiger partial charge on any atom is 0.129 e. The third kappa shape index (κ3) is 5.11. The van der Waals surface area contributed by atoms with Gasteiger partial charge in [0.25, 0.3) is 0 Å². The molecule has 0 aliphatic rings. The van der Waals surface area contributed by atoms with E-state index < -0.39 is 0 Å². The summed E-state index contributed by atoms with van der Waals surface area (Å²) in [6.45, 7) is 5.35. The molecule has 84 valence electrons. The van der Waals surface area contributed by atoms with Crippen LogP contribution in [0.3, 0.4) is 0 Å². The first-order chi connectivity index (χ1) is 7.22. The van der Waals surface area contributed by atoms with Crippen molar-refractivity contribution in [3.63, 3.8) is 0 Å². The summed E-state index contributed by atoms with van der Waals surface area (Å²) in [6.07, 6.45) is 1.81. The molecule has 3 nitrogen and oxygen atoms in total. The second-order valence-corrected chi connectivity index (χ2v) is 3.81. The molecule has 0 bridgehead atoms. The maximum atomic E-state index is 5.71. The van der Waals surface area contributed by atoms with Crippen molar-refractivity contribution in [1.29, 1.82) is 0 Å². The van der Waals surface area contributed by atoms with Gasteiger partial charge in [-0.15, -0.1) is 0 Å². The average Bonchev–Trinajstić information content (AvgIpc) is 2.22. The number of nitrogens with zero attached hydrogens (tertiary/aromatic N) is 2. The van der Waals surface area contributed by atoms with Crippen LogP contribution in [0.2, 0.25) is 5.15 Å². The molecule has 0 atom stereocenters. The van der Waals surface area contributed by atoms with Crippen LogP contribution >= 0.6 is 11.6 Å². The predicted molar refractivity (Wildman–Crippen MR) is 62.1 cm³/mol. The largest absolute Gasteiger partial charge is 0.380 e. The van der Waals surface area contributed by atoms with E-state index in [1.165, 1.54) is 5.56 Å². The Balaban J connectivity index is 2.31. The molecule has 0 radical (unpaired) electrons. The summed E-state index contributed by atoms with van der Waals surface area (Å²) in [7, 11) is 2.06. The fourth-order valence-corrected chi connectivity index (χ4v) is 1.37. The molecule has 0 N–H and O–H groups in total. The molecule has 0 aliphatic carbocycles. The van der Waals surface area contributed by atoms with Crippen LogP contribution in [0.4, 0.5) is 0 Å². The van der Waals surface area contributed by atoms with Gasteiger partial charge < -0.3 is 4.74 Å². The first-order valence-electron chi connectivity index (χ1n) is 5.09. The Labute approximate surface area is 96.0 Å². The Hall–Kier alpha value is -0.640. The van der Waals surface area contributed by atoms with Gasteiger partial charge in [-0.1, -0.05) is 17.7 Å². The highest BCUT2D eigenvalue weighted by Crippen LogP contribution is 2.06. The molecule has 0 saturated carbocycles. The van der Waals surface area contributed by atoms with Crippen LogP contribution in [-0.2, 0) is 11.3 Å². The molecule has 1 rings (SSSR count). The van der Waals surface area contributed by atoms with Gasteiger partial charge >= 0.3 is 0 Å². The standard InChI is InChI=1S/C11H17ClN2O/c1-3-15-7-6-14(2)9-10-4-5-11(12)13-8-10/h4-5,8H,3,6-7,9H2,1-2H3. The van der Waals surface area contributed by atoms with Gasteiger partial charge in [-0.05, 0) is 25.6 Å². The van der Waals surface area contributed by atoms with Crippen molar-refractivity contribution in [3.05, 3.63) is 29.0 Å². The molecule has 1 aromatic heterocycles. The van der Waals surface area contributed by atoms with Crippen molar-refractivity contribution in [3.8, 4) is 0 Å². The number of halogens is 1. The number of aromatic nitrogens is 1. The smallest absolute Gasteiger partial charge is 0.129 e. The zero-order valence-electron chi connectivity index (χ0n) is 9.24. The second-order valence-electron chi connectivity index (χ2n) is 3.42. The molecule has 0 aromatic carbocycles. The van der Waals surface area contributed by atoms with Crippen LogP contribution in [-0.4, -0.2) is 36.7 Å². The Kier molecular flexibility index (Phi) is 5.61. The van der Waals surface area contributed by atoms with Gasteiger partial charge in [-0.3, -0.25) is 4.90 Å². The van der Waals surface area contributed by atoms with E-state index in [2.05, 4.69) is 16.9 Å². The summed E-state index contributed by atoms with van der Waals surface area (Å²) in [4.78, 5) is 6.23. The molecular formula is C11H17ClN2O. The van der Waals surface area contributed by atoms with Gasteiger partial charge in [0.1, 0.15) is 5.15 Å². The zero-order valence-corrected chi connectivity index (χ0v) is 10.00. The molecule has 0 spiro atoms. The van der Waals surface area contributed by atoms with Crippen LogP contribution in [0, 0.1) is 0 Å². The molecule has 1 aromatic rings. The van der Waals surface area contributed by atoms with Gasteiger partial charge in [0.05, 0.1) is 6.61 Å². The van der Waals surface area contributed by atoms with Gasteiger partial charge in [0.2, 0.25) is 0 Å². The van der Waals surface area contributed by atoms with E-state index in [-0.39, 0.29) is 0 Å². The van der Waals surface area contributed by atoms with Gasteiger partial charge in [-0.2, -0.15) is 0 Å². The normalized spacial score (nSPS) is 10.9. The molecule has 0 amide bonds. The molecule has 0 aliphatic heterocycles. The topological polar surface area (TPSA) is 25.4 Å². The lowest BCUT2D eigenvalue weighted by Crippen LogP contribution is -2.22. The molecule has 0 unspecified atom stereocenters. The van der Waals surface area contributed by atoms with Crippen molar-refractivity contribution in [2.45, 2.75) is 13.5 Å². The van der Waals surface area contributed by atoms with Crippen LogP contribution in [0.1, 0.15) is 12.5 Å². The second kappa shape index (κ2) is 6.77. The molecule has 15 heavy (non-hydrogen) atoms. The first kappa shape index (κ1) is 12.4. The van der Waals surface area contributed by atoms with Crippen LogP contribution < -0.4 is 0 Å². The third-order valence-corrected chi connectivity index (χ3v) is 2.29. The van der Waals surface area contributed by atoms with Gasteiger partial charge in [0.15, 0.2) is 0 Å². The molecule has 0 fully saturated rings. The minimum absolute atomic E-state index is 0.538. The van der Waals surface area contributed by atoms with Crippen LogP contribution in [0.25, 0.3) is 0 Å². The summed E-state index contributed by atoms with van der Waals surface area (Å²) in [5.41, 5.74) is 1.17. The Bertz CT molecular complexity index is 276. The fraction of sp³-hybridized carbons (Fsp3) is 0.545. The highest BCUT2D eigenvalue weighted by Gasteiger charge is 2.00. The minimum atomic E-state index is 0.538. The SMILES string of the molecule is CCOCCN(C)Cc1ccc(Cl)nc1. The van der Waals surface area contributed by atoms with Crippen molar-refractivity contribution >= 4 is 11.6 Å². The lowest BCUT2D eigenvalue weighted by atomic mass is 10.3. The lowest BCUT2D eigenvalue weighted by molar-refractivity contribution is 0.120. The Morgan fingerprint density at radius 1 is 1.47 bits per heavy atom. The summed E-state index contributed by atoms with van der Waals surface area (Å²) >= 11 is 5.71. The van der Waals surface area contributed by atoms with Gasteiger partial charge in [0, 0.05) is 25.9 Å². The predicted octanol–water partition coefficient (Wildman–Crippen LogP) is 2.20. The highest BCUT2D eigenvalue weighted by molar-refractivity contribution is 6.29. The van der Waals surface area contributed by atoms with E-state index in [1.54, 1.807) is 6.20 Å². The van der Waals surface area contributed by atoms with Crippen molar-refractivity contribution in [1.82, 2.24) is 9.88 Å². The van der Waals surface area contributed by atoms with Crippen LogP contribution in [0.15, 0.2) is 18.3 Å². The fourth-order valence-electron chi connectivity index (χ4n) is 1.26. The quantitative estimate of drug-likeness (QED) is 0.552. The number of likely N-dealkylation sites (N-methyl/N-ethyl adjacent to an activating group) is 1. The van der Waals surface area contributed by atoms with E-state index in [0.717, 1.165) is 26.3 Å². The summed E-state index contributed by atoms with van der Waals surface area (Å²) < 4.78 is 5.28. The lowest BCUT2D eigenvalue weighted by Gasteiger charge is -2.16. The van der Waals surface area contributed by atoms with E-state index in [0.29, 0.717) is 5.15 Å². The summed E-state index contributed by atoms with van der Waals surface area (Å²) in [5, 5.41) is 0.538. The number of hydrogen-bond acceptors (Lipinski definition) is 3. The van der Waals surface area contributed by atoms with Crippen molar-refractivity contribution < 1.29 is 4.74 Å². The van der Waals surface area contributed by atoms with E-state index in [1.807, 2.05) is 19.1 Å². The molecule has 1 heterocycles. The highest BCUT2D eigenvalue weighted by atomic mass is 35.5. The Morgan fingerprint density at radius 3 is 2.87 bits per heavy atom. The monoisotopic (exact) mass is 228 g/mol. The number of rotatable bonds is 6. The molecule has 0 saturated heterocycles. The number of ether oxygens (including phenoxy) is 1. The van der Waals surface area contributed by atoms with Crippen molar-refractivity contribution in [2.24, 2.45) is 0 Å². The summed E-state index contributed by atoms with van der Waals surface area (Å²) in [6, 6.07) is 3.81. The minimum Gasteiger partial charge on any atom is -0.380 e. The van der Waals surface area contributed by atoms with Gasteiger partial charge in [-0.25, -0.2) is 4.98 Å². The van der Waals surface area contributed by atoms with Crippen LogP contribution in [0.5, 0.6) is 0 Å². The van der Waals surface area contributed by atoms with Crippen molar-refractivity contribution in [2.75, 3.05) is 26.8 Å². The summed E-state index contributed by atoms with van der Waals surface area (Å²) in [5.74, 6) is 0. The van der Waals surface area contributed by atoms with E-state index >= 15 is 0 Å². The van der Waals surface area contributed by atoms with E-state index in [9.17, 15) is 0 Å². The first-order valence-corrected chi connectivity index (χ1v) is 5.47.